The van der Waals surface area contributed by atoms with E-state index in [4.69, 9.17) is 10.5 Å². The molecule has 0 bridgehead atoms. The number of likely N-dealkylation sites (tertiary alicyclic amines) is 1. The summed E-state index contributed by atoms with van der Waals surface area (Å²) in [5.41, 5.74) is 6.86. The quantitative estimate of drug-likeness (QED) is 0.888. The first-order chi connectivity index (χ1) is 9.56. The van der Waals surface area contributed by atoms with Crippen molar-refractivity contribution in [3.63, 3.8) is 0 Å². The van der Waals surface area contributed by atoms with Gasteiger partial charge in [0.15, 0.2) is 11.5 Å². The van der Waals surface area contributed by atoms with E-state index in [2.05, 4.69) is 18.7 Å². The number of phenols is 1. The number of hydrogen-bond donors (Lipinski definition) is 2. The second-order valence-corrected chi connectivity index (χ2v) is 6.05. The normalized spacial score (nSPS) is 25.4. The number of aromatic hydroxyl groups is 1. The van der Waals surface area contributed by atoms with E-state index in [-0.39, 0.29) is 11.8 Å². The number of benzene rings is 1. The Balaban J connectivity index is 2.28. The zero-order valence-electron chi connectivity index (χ0n) is 12.7. The van der Waals surface area contributed by atoms with Crippen LogP contribution in [0.1, 0.15) is 31.9 Å². The fraction of sp³-hybridized carbons (Fsp3) is 0.625. The molecule has 1 aliphatic rings. The fourth-order valence-electron chi connectivity index (χ4n) is 3.41. The van der Waals surface area contributed by atoms with Crippen LogP contribution in [0.3, 0.4) is 0 Å². The standard InChI is InChI=1S/C16H26N2O2/c1-11-7-12(2)10-18(9-11)14(8-17)13-5-4-6-15(20-3)16(13)19/h4-6,11-12,14,19H,7-10,17H2,1-3H3. The second-order valence-electron chi connectivity index (χ2n) is 6.05. The van der Waals surface area contributed by atoms with Crippen molar-refractivity contribution in [2.75, 3.05) is 26.7 Å². The van der Waals surface area contributed by atoms with Gasteiger partial charge in [-0.05, 0) is 24.3 Å². The molecule has 2 rings (SSSR count). The van der Waals surface area contributed by atoms with Crippen molar-refractivity contribution >= 4 is 0 Å². The van der Waals surface area contributed by atoms with Crippen molar-refractivity contribution < 1.29 is 9.84 Å². The van der Waals surface area contributed by atoms with E-state index in [1.54, 1.807) is 13.2 Å². The van der Waals surface area contributed by atoms with Gasteiger partial charge in [-0.15, -0.1) is 0 Å². The van der Waals surface area contributed by atoms with Gasteiger partial charge in [-0.2, -0.15) is 0 Å². The van der Waals surface area contributed by atoms with Gasteiger partial charge in [0.25, 0.3) is 0 Å². The molecule has 1 aliphatic heterocycles. The molecule has 0 saturated carbocycles. The number of rotatable bonds is 4. The minimum Gasteiger partial charge on any atom is -0.504 e. The van der Waals surface area contributed by atoms with Crippen molar-refractivity contribution in [3.8, 4) is 11.5 Å². The maximum absolute atomic E-state index is 10.3. The third-order valence-corrected chi connectivity index (χ3v) is 4.17. The Morgan fingerprint density at radius 2 is 2.00 bits per heavy atom. The van der Waals surface area contributed by atoms with Crippen molar-refractivity contribution in [2.45, 2.75) is 26.3 Å². The average Bonchev–Trinajstić information content (AvgIpc) is 2.40. The third kappa shape index (κ3) is 3.07. The largest absolute Gasteiger partial charge is 0.504 e. The van der Waals surface area contributed by atoms with Crippen LogP contribution in [0.5, 0.6) is 11.5 Å². The van der Waals surface area contributed by atoms with E-state index in [0.29, 0.717) is 24.1 Å². The lowest BCUT2D eigenvalue weighted by molar-refractivity contribution is 0.0969. The molecule has 0 aromatic heterocycles. The first-order valence-corrected chi connectivity index (χ1v) is 7.36. The van der Waals surface area contributed by atoms with Crippen LogP contribution in [0.4, 0.5) is 0 Å². The lowest BCUT2D eigenvalue weighted by atomic mass is 9.89. The zero-order chi connectivity index (χ0) is 14.7. The highest BCUT2D eigenvalue weighted by Gasteiger charge is 2.29. The van der Waals surface area contributed by atoms with Gasteiger partial charge in [-0.25, -0.2) is 0 Å². The highest BCUT2D eigenvalue weighted by Crippen LogP contribution is 2.37. The molecule has 3 atom stereocenters. The number of ether oxygens (including phenoxy) is 1. The van der Waals surface area contributed by atoms with Crippen LogP contribution in [0.2, 0.25) is 0 Å². The molecule has 0 spiro atoms. The molecule has 4 nitrogen and oxygen atoms in total. The van der Waals surface area contributed by atoms with E-state index in [9.17, 15) is 5.11 Å². The van der Waals surface area contributed by atoms with Gasteiger partial charge in [0.05, 0.1) is 13.2 Å². The van der Waals surface area contributed by atoms with E-state index in [0.717, 1.165) is 18.7 Å². The lowest BCUT2D eigenvalue weighted by Gasteiger charge is -2.40. The Morgan fingerprint density at radius 3 is 2.55 bits per heavy atom. The van der Waals surface area contributed by atoms with Crippen LogP contribution in [0, 0.1) is 11.8 Å². The number of nitrogens with two attached hydrogens (primary N) is 1. The van der Waals surface area contributed by atoms with E-state index < -0.39 is 0 Å². The Labute approximate surface area is 121 Å². The summed E-state index contributed by atoms with van der Waals surface area (Å²) in [4.78, 5) is 2.40. The lowest BCUT2D eigenvalue weighted by Crippen LogP contribution is -2.43. The number of methoxy groups -OCH3 is 1. The summed E-state index contributed by atoms with van der Waals surface area (Å²) in [5.74, 6) is 2.07. The zero-order valence-corrected chi connectivity index (χ0v) is 12.7. The molecule has 0 amide bonds. The number of piperidine rings is 1. The molecular weight excluding hydrogens is 252 g/mol. The van der Waals surface area contributed by atoms with E-state index >= 15 is 0 Å². The first-order valence-electron chi connectivity index (χ1n) is 7.36. The molecule has 0 radical (unpaired) electrons. The summed E-state index contributed by atoms with van der Waals surface area (Å²) >= 11 is 0. The molecule has 0 aliphatic carbocycles. The summed E-state index contributed by atoms with van der Waals surface area (Å²) in [6, 6.07) is 5.68. The van der Waals surface area contributed by atoms with Gasteiger partial charge in [-0.3, -0.25) is 4.90 Å². The van der Waals surface area contributed by atoms with Gasteiger partial charge in [0, 0.05) is 25.2 Å². The van der Waals surface area contributed by atoms with Crippen LogP contribution in [-0.2, 0) is 0 Å². The third-order valence-electron chi connectivity index (χ3n) is 4.17. The Bertz CT molecular complexity index is 440. The topological polar surface area (TPSA) is 58.7 Å². The molecular formula is C16H26N2O2. The van der Waals surface area contributed by atoms with Crippen LogP contribution < -0.4 is 10.5 Å². The average molecular weight is 278 g/mol. The maximum Gasteiger partial charge on any atom is 0.162 e. The molecule has 1 aromatic carbocycles. The van der Waals surface area contributed by atoms with Crippen LogP contribution >= 0.6 is 0 Å². The molecule has 1 saturated heterocycles. The Hall–Kier alpha value is -1.26. The van der Waals surface area contributed by atoms with Gasteiger partial charge < -0.3 is 15.6 Å². The first kappa shape index (κ1) is 15.1. The summed E-state index contributed by atoms with van der Waals surface area (Å²) in [7, 11) is 1.57. The molecule has 1 aromatic rings. The molecule has 3 N–H and O–H groups in total. The predicted octanol–water partition coefficient (Wildman–Crippen LogP) is 2.38. The monoisotopic (exact) mass is 278 g/mol. The van der Waals surface area contributed by atoms with Gasteiger partial charge in [0.1, 0.15) is 0 Å². The van der Waals surface area contributed by atoms with Crippen LogP contribution in [-0.4, -0.2) is 36.8 Å². The van der Waals surface area contributed by atoms with Crippen molar-refractivity contribution in [3.05, 3.63) is 23.8 Å². The summed E-state index contributed by atoms with van der Waals surface area (Å²) in [6.07, 6.45) is 1.26. The second kappa shape index (κ2) is 6.46. The molecule has 112 valence electrons. The number of nitrogens with zero attached hydrogens (tertiary/aromatic N) is 1. The molecule has 4 heteroatoms. The highest BCUT2D eigenvalue weighted by atomic mass is 16.5. The van der Waals surface area contributed by atoms with Crippen molar-refractivity contribution in [2.24, 2.45) is 17.6 Å². The van der Waals surface area contributed by atoms with Crippen LogP contribution in [0.15, 0.2) is 18.2 Å². The molecule has 1 fully saturated rings. The number of para-hydroxylation sites is 1. The van der Waals surface area contributed by atoms with Crippen molar-refractivity contribution in [1.29, 1.82) is 0 Å². The van der Waals surface area contributed by atoms with Gasteiger partial charge >= 0.3 is 0 Å². The molecule has 20 heavy (non-hydrogen) atoms. The van der Waals surface area contributed by atoms with E-state index in [1.165, 1.54) is 6.42 Å². The fourth-order valence-corrected chi connectivity index (χ4v) is 3.41. The Morgan fingerprint density at radius 1 is 1.35 bits per heavy atom. The highest BCUT2D eigenvalue weighted by molar-refractivity contribution is 5.47. The minimum atomic E-state index is 0.0512. The van der Waals surface area contributed by atoms with Crippen molar-refractivity contribution in [1.82, 2.24) is 4.90 Å². The molecule has 3 unspecified atom stereocenters. The summed E-state index contributed by atoms with van der Waals surface area (Å²) in [5, 5.41) is 10.3. The Kier molecular flexibility index (Phi) is 4.89. The van der Waals surface area contributed by atoms with Crippen LogP contribution in [0.25, 0.3) is 0 Å². The maximum atomic E-state index is 10.3. The minimum absolute atomic E-state index is 0.0512. The SMILES string of the molecule is COc1cccc(C(CN)N2CC(C)CC(C)C2)c1O. The van der Waals surface area contributed by atoms with Gasteiger partial charge in [-0.1, -0.05) is 26.0 Å². The van der Waals surface area contributed by atoms with Gasteiger partial charge in [0.2, 0.25) is 0 Å². The predicted molar refractivity (Wildman–Crippen MR) is 81.0 cm³/mol. The molecule has 1 heterocycles. The number of hydrogen-bond acceptors (Lipinski definition) is 4. The summed E-state index contributed by atoms with van der Waals surface area (Å²) in [6.45, 7) is 7.12. The van der Waals surface area contributed by atoms with E-state index in [1.807, 2.05) is 12.1 Å². The number of phenolic OH excluding ortho intramolecular Hbond substituents is 1. The summed E-state index contributed by atoms with van der Waals surface area (Å²) < 4.78 is 5.20. The smallest absolute Gasteiger partial charge is 0.162 e.